The van der Waals surface area contributed by atoms with Crippen molar-refractivity contribution in [2.45, 2.75) is 45.6 Å². The average Bonchev–Trinajstić information content (AvgIpc) is 2.41. The lowest BCUT2D eigenvalue weighted by Crippen LogP contribution is -2.52. The van der Waals surface area contributed by atoms with Gasteiger partial charge in [0.15, 0.2) is 0 Å². The molecule has 0 aliphatic heterocycles. The molecule has 1 aliphatic rings. The largest absolute Gasteiger partial charge is 0.481 e. The minimum absolute atomic E-state index is 0.306. The first kappa shape index (κ1) is 15.8. The molecule has 0 spiro atoms. The first-order valence-electron chi connectivity index (χ1n) is 7.15. The molecule has 1 aromatic carbocycles. The van der Waals surface area contributed by atoms with Gasteiger partial charge in [0.05, 0.1) is 16.0 Å². The fourth-order valence-corrected chi connectivity index (χ4v) is 3.18. The van der Waals surface area contributed by atoms with E-state index in [2.05, 4.69) is 5.32 Å². The Kier molecular flexibility index (Phi) is 4.57. The molecule has 0 bridgehead atoms. The summed E-state index contributed by atoms with van der Waals surface area (Å²) in [7, 11) is 0. The smallest absolute Gasteiger partial charge is 0.311 e. The monoisotopic (exact) mass is 309 g/mol. The zero-order valence-corrected chi connectivity index (χ0v) is 13.0. The van der Waals surface area contributed by atoms with Crippen LogP contribution in [0, 0.1) is 12.3 Å². The van der Waals surface area contributed by atoms with Gasteiger partial charge in [-0.15, -0.1) is 0 Å². The summed E-state index contributed by atoms with van der Waals surface area (Å²) in [6, 6.07) is 4.85. The van der Waals surface area contributed by atoms with E-state index in [0.717, 1.165) is 18.4 Å². The summed E-state index contributed by atoms with van der Waals surface area (Å²) in [5.74, 6) is -1.16. The number of carboxylic acids is 1. The predicted octanol–water partition coefficient (Wildman–Crippen LogP) is 3.41. The normalized spacial score (nSPS) is 25.4. The van der Waals surface area contributed by atoms with Crippen molar-refractivity contribution in [1.82, 2.24) is 5.32 Å². The third-order valence-corrected chi connectivity index (χ3v) is 4.68. The van der Waals surface area contributed by atoms with Crippen molar-refractivity contribution in [2.24, 2.45) is 5.41 Å². The number of carbonyl (C=O) groups is 2. The van der Waals surface area contributed by atoms with E-state index in [1.54, 1.807) is 19.1 Å². The Balaban J connectivity index is 2.19. The van der Waals surface area contributed by atoms with E-state index in [0.29, 0.717) is 23.4 Å². The topological polar surface area (TPSA) is 66.4 Å². The lowest BCUT2D eigenvalue weighted by atomic mass is 9.71. The van der Waals surface area contributed by atoms with Gasteiger partial charge in [-0.2, -0.15) is 0 Å². The van der Waals surface area contributed by atoms with Crippen LogP contribution in [0.4, 0.5) is 0 Å². The van der Waals surface area contributed by atoms with E-state index in [1.807, 2.05) is 13.0 Å². The van der Waals surface area contributed by atoms with Gasteiger partial charge in [0.2, 0.25) is 0 Å². The maximum Gasteiger partial charge on any atom is 0.311 e. The summed E-state index contributed by atoms with van der Waals surface area (Å²) in [5, 5.41) is 12.7. The Bertz CT molecular complexity index is 573. The maximum atomic E-state index is 12.4. The molecule has 0 saturated heterocycles. The SMILES string of the molecule is Cc1ccc(C(=O)NC2CCCCC2(C)C(=O)O)c(Cl)c1. The summed E-state index contributed by atoms with van der Waals surface area (Å²) in [5.41, 5.74) is 0.454. The van der Waals surface area contributed by atoms with Gasteiger partial charge in [0.25, 0.3) is 5.91 Å². The van der Waals surface area contributed by atoms with Gasteiger partial charge < -0.3 is 10.4 Å². The van der Waals surface area contributed by atoms with E-state index >= 15 is 0 Å². The minimum atomic E-state index is -0.912. The molecule has 0 heterocycles. The molecule has 1 aromatic rings. The number of carboxylic acid groups (broad SMARTS) is 1. The number of aliphatic carboxylic acids is 1. The molecule has 2 unspecified atom stereocenters. The van der Waals surface area contributed by atoms with Gasteiger partial charge >= 0.3 is 5.97 Å². The van der Waals surface area contributed by atoms with Crippen LogP contribution < -0.4 is 5.32 Å². The molecule has 0 radical (unpaired) electrons. The fraction of sp³-hybridized carbons (Fsp3) is 0.500. The van der Waals surface area contributed by atoms with Gasteiger partial charge in [0.1, 0.15) is 0 Å². The number of hydrogen-bond acceptors (Lipinski definition) is 2. The number of amides is 1. The number of halogens is 1. The number of hydrogen-bond donors (Lipinski definition) is 2. The molecule has 21 heavy (non-hydrogen) atoms. The number of rotatable bonds is 3. The minimum Gasteiger partial charge on any atom is -0.481 e. The molecule has 2 rings (SSSR count). The molecule has 4 nitrogen and oxygen atoms in total. The van der Waals surface area contributed by atoms with Gasteiger partial charge in [-0.3, -0.25) is 9.59 Å². The van der Waals surface area contributed by atoms with E-state index < -0.39 is 11.4 Å². The van der Waals surface area contributed by atoms with Crippen molar-refractivity contribution < 1.29 is 14.7 Å². The van der Waals surface area contributed by atoms with Crippen molar-refractivity contribution >= 4 is 23.5 Å². The molecule has 5 heteroatoms. The van der Waals surface area contributed by atoms with Gasteiger partial charge in [-0.05, 0) is 44.4 Å². The second-order valence-electron chi connectivity index (χ2n) is 5.98. The Morgan fingerprint density at radius 1 is 1.38 bits per heavy atom. The average molecular weight is 310 g/mol. The van der Waals surface area contributed by atoms with Crippen LogP contribution in [0.1, 0.15) is 48.5 Å². The maximum absolute atomic E-state index is 12.4. The Morgan fingerprint density at radius 3 is 2.71 bits per heavy atom. The number of nitrogens with one attached hydrogen (secondary N) is 1. The number of aryl methyl sites for hydroxylation is 1. The van der Waals surface area contributed by atoms with E-state index in [1.165, 1.54) is 0 Å². The van der Waals surface area contributed by atoms with Crippen LogP contribution in [-0.4, -0.2) is 23.0 Å². The first-order chi connectivity index (χ1) is 9.84. The quantitative estimate of drug-likeness (QED) is 0.899. The predicted molar refractivity (Wildman–Crippen MR) is 81.7 cm³/mol. The highest BCUT2D eigenvalue weighted by Crippen LogP contribution is 2.36. The van der Waals surface area contributed by atoms with E-state index in [9.17, 15) is 14.7 Å². The molecule has 1 fully saturated rings. The number of carbonyl (C=O) groups excluding carboxylic acids is 1. The lowest BCUT2D eigenvalue weighted by molar-refractivity contribution is -0.151. The van der Waals surface area contributed by atoms with E-state index in [4.69, 9.17) is 11.6 Å². The molecular formula is C16H20ClNO3. The summed E-state index contributed by atoms with van der Waals surface area (Å²) >= 11 is 6.10. The van der Waals surface area contributed by atoms with Gasteiger partial charge in [-0.25, -0.2) is 0 Å². The highest BCUT2D eigenvalue weighted by atomic mass is 35.5. The fourth-order valence-electron chi connectivity index (χ4n) is 2.86. The number of benzene rings is 1. The highest BCUT2D eigenvalue weighted by Gasteiger charge is 2.44. The van der Waals surface area contributed by atoms with Gasteiger partial charge in [0, 0.05) is 6.04 Å². The van der Waals surface area contributed by atoms with Crippen molar-refractivity contribution in [1.29, 1.82) is 0 Å². The van der Waals surface area contributed by atoms with E-state index in [-0.39, 0.29) is 11.9 Å². The van der Waals surface area contributed by atoms with Crippen LogP contribution in [0.5, 0.6) is 0 Å². The third-order valence-electron chi connectivity index (χ3n) is 4.37. The lowest BCUT2D eigenvalue weighted by Gasteiger charge is -2.38. The molecule has 1 saturated carbocycles. The molecule has 0 aromatic heterocycles. The van der Waals surface area contributed by atoms with Crippen molar-refractivity contribution in [3.63, 3.8) is 0 Å². The molecule has 1 aliphatic carbocycles. The third kappa shape index (κ3) is 3.21. The summed E-state index contributed by atoms with van der Waals surface area (Å²) in [6.07, 6.45) is 3.06. The van der Waals surface area contributed by atoms with Crippen molar-refractivity contribution in [2.75, 3.05) is 0 Å². The molecular weight excluding hydrogens is 290 g/mol. The Hall–Kier alpha value is -1.55. The molecule has 2 N–H and O–H groups in total. The Morgan fingerprint density at radius 2 is 2.10 bits per heavy atom. The zero-order chi connectivity index (χ0) is 15.6. The second-order valence-corrected chi connectivity index (χ2v) is 6.38. The Labute approximate surface area is 129 Å². The highest BCUT2D eigenvalue weighted by molar-refractivity contribution is 6.33. The van der Waals surface area contributed by atoms with Crippen LogP contribution in [0.15, 0.2) is 18.2 Å². The zero-order valence-electron chi connectivity index (χ0n) is 12.3. The molecule has 2 atom stereocenters. The van der Waals surface area contributed by atoms with Crippen molar-refractivity contribution in [3.05, 3.63) is 34.3 Å². The van der Waals surface area contributed by atoms with Gasteiger partial charge in [-0.1, -0.05) is 30.5 Å². The van der Waals surface area contributed by atoms with Crippen LogP contribution >= 0.6 is 11.6 Å². The molecule has 114 valence electrons. The summed E-state index contributed by atoms with van der Waals surface area (Å²) < 4.78 is 0. The second kappa shape index (κ2) is 6.06. The summed E-state index contributed by atoms with van der Waals surface area (Å²) in [6.45, 7) is 3.60. The standard InChI is InChI=1S/C16H20ClNO3/c1-10-6-7-11(12(17)9-10)14(19)18-13-5-3-4-8-16(13,2)15(20)21/h6-7,9,13H,3-5,8H2,1-2H3,(H,18,19)(H,20,21). The summed E-state index contributed by atoms with van der Waals surface area (Å²) in [4.78, 5) is 23.9. The van der Waals surface area contributed by atoms with Crippen LogP contribution in [-0.2, 0) is 4.79 Å². The molecule has 1 amide bonds. The van der Waals surface area contributed by atoms with Crippen molar-refractivity contribution in [3.8, 4) is 0 Å². The van der Waals surface area contributed by atoms with Crippen LogP contribution in [0.2, 0.25) is 5.02 Å². The first-order valence-corrected chi connectivity index (χ1v) is 7.53. The van der Waals surface area contributed by atoms with Crippen LogP contribution in [0.3, 0.4) is 0 Å². The van der Waals surface area contributed by atoms with Crippen LogP contribution in [0.25, 0.3) is 0 Å².